The van der Waals surface area contributed by atoms with Crippen LogP contribution in [0.1, 0.15) is 45.4 Å². The van der Waals surface area contributed by atoms with E-state index in [0.29, 0.717) is 19.6 Å². The van der Waals surface area contributed by atoms with Crippen molar-refractivity contribution in [1.82, 2.24) is 0 Å². The van der Waals surface area contributed by atoms with Gasteiger partial charge in [0.15, 0.2) is 5.79 Å². The zero-order chi connectivity index (χ0) is 16.0. The van der Waals surface area contributed by atoms with Crippen LogP contribution in [0.2, 0.25) is 0 Å². The molecule has 0 radical (unpaired) electrons. The summed E-state index contributed by atoms with van der Waals surface area (Å²) in [5.41, 5.74) is 0. The van der Waals surface area contributed by atoms with Crippen molar-refractivity contribution >= 4 is 6.29 Å². The van der Waals surface area contributed by atoms with Crippen molar-refractivity contribution in [3.63, 3.8) is 0 Å². The molecule has 0 bridgehead atoms. The number of hydrogen-bond donors (Lipinski definition) is 2. The third-order valence-electron chi connectivity index (χ3n) is 4.76. The summed E-state index contributed by atoms with van der Waals surface area (Å²) in [6.45, 7) is 3.30. The van der Waals surface area contributed by atoms with Gasteiger partial charge in [-0.25, -0.2) is 0 Å². The first-order valence-electron chi connectivity index (χ1n) is 8.39. The van der Waals surface area contributed by atoms with E-state index in [1.165, 1.54) is 0 Å². The van der Waals surface area contributed by atoms with Gasteiger partial charge in [0.05, 0.1) is 25.4 Å². The molecule has 2 fully saturated rings. The third kappa shape index (κ3) is 4.16. The highest BCUT2D eigenvalue weighted by molar-refractivity contribution is 5.50. The van der Waals surface area contributed by atoms with Gasteiger partial charge in [-0.15, -0.1) is 0 Å². The maximum atomic E-state index is 10.8. The Kier molecular flexibility index (Phi) is 6.56. The summed E-state index contributed by atoms with van der Waals surface area (Å²) in [6, 6.07) is 0. The third-order valence-corrected chi connectivity index (χ3v) is 4.76. The van der Waals surface area contributed by atoms with Gasteiger partial charge in [0.1, 0.15) is 6.29 Å². The van der Waals surface area contributed by atoms with Crippen LogP contribution >= 0.6 is 0 Å². The molecular formula is C17H28O5. The monoisotopic (exact) mass is 312 g/mol. The lowest BCUT2D eigenvalue weighted by molar-refractivity contribution is -0.122. The summed E-state index contributed by atoms with van der Waals surface area (Å²) in [4.78, 5) is 10.8. The van der Waals surface area contributed by atoms with Crippen LogP contribution < -0.4 is 0 Å². The molecule has 1 aliphatic heterocycles. The van der Waals surface area contributed by atoms with E-state index in [-0.39, 0.29) is 18.3 Å². The molecule has 1 saturated carbocycles. The number of ether oxygens (including phenoxy) is 2. The number of hydrogen-bond acceptors (Lipinski definition) is 5. The molecule has 0 aromatic rings. The van der Waals surface area contributed by atoms with E-state index in [0.717, 1.165) is 32.0 Å². The Bertz CT molecular complexity index is 375. The molecule has 5 nitrogen and oxygen atoms in total. The number of aldehydes is 1. The van der Waals surface area contributed by atoms with Gasteiger partial charge < -0.3 is 24.5 Å². The summed E-state index contributed by atoms with van der Waals surface area (Å²) in [5, 5.41) is 20.1. The molecule has 22 heavy (non-hydrogen) atoms. The van der Waals surface area contributed by atoms with Gasteiger partial charge >= 0.3 is 0 Å². The summed E-state index contributed by atoms with van der Waals surface area (Å²) >= 11 is 0. The zero-order valence-corrected chi connectivity index (χ0v) is 13.3. The molecule has 1 heterocycles. The molecule has 2 rings (SSSR count). The Balaban J connectivity index is 2.04. The number of unbranched alkanes of at least 4 members (excludes halogenated alkanes) is 2. The van der Waals surface area contributed by atoms with E-state index >= 15 is 0 Å². The first kappa shape index (κ1) is 17.6. The molecule has 126 valence electrons. The summed E-state index contributed by atoms with van der Waals surface area (Å²) < 4.78 is 11.6. The minimum atomic E-state index is -0.700. The fraction of sp³-hybridized carbons (Fsp3) is 0.824. The van der Waals surface area contributed by atoms with Gasteiger partial charge in [-0.3, -0.25) is 0 Å². The van der Waals surface area contributed by atoms with Crippen molar-refractivity contribution in [2.24, 2.45) is 11.8 Å². The molecule has 0 spiro atoms. The second kappa shape index (κ2) is 8.20. The molecule has 0 aromatic heterocycles. The van der Waals surface area contributed by atoms with Crippen molar-refractivity contribution in [2.45, 2.75) is 63.4 Å². The molecule has 0 aromatic carbocycles. The van der Waals surface area contributed by atoms with E-state index in [9.17, 15) is 15.0 Å². The van der Waals surface area contributed by atoms with Gasteiger partial charge in [0.2, 0.25) is 0 Å². The van der Waals surface area contributed by atoms with E-state index in [4.69, 9.17) is 9.47 Å². The molecule has 0 amide bonds. The molecule has 0 unspecified atom stereocenters. The Morgan fingerprint density at radius 3 is 2.55 bits per heavy atom. The van der Waals surface area contributed by atoms with Gasteiger partial charge in [-0.2, -0.15) is 0 Å². The van der Waals surface area contributed by atoms with Crippen LogP contribution in [0.5, 0.6) is 0 Å². The first-order chi connectivity index (χ1) is 10.6. The lowest BCUT2D eigenvalue weighted by Crippen LogP contribution is -2.29. The average Bonchev–Trinajstić information content (AvgIpc) is 3.05. The highest BCUT2D eigenvalue weighted by Crippen LogP contribution is 2.37. The first-order valence-corrected chi connectivity index (χ1v) is 8.39. The number of aliphatic hydroxyl groups is 2. The maximum Gasteiger partial charge on any atom is 0.187 e. The van der Waals surface area contributed by atoms with Crippen LogP contribution in [-0.4, -0.2) is 47.7 Å². The minimum Gasteiger partial charge on any atom is -0.393 e. The topological polar surface area (TPSA) is 76.0 Å². The molecule has 4 atom stereocenters. The molecule has 2 aliphatic rings. The molecular weight excluding hydrogens is 284 g/mol. The van der Waals surface area contributed by atoms with Crippen molar-refractivity contribution in [1.29, 1.82) is 0 Å². The molecule has 1 saturated heterocycles. The van der Waals surface area contributed by atoms with Crippen LogP contribution in [0, 0.1) is 11.8 Å². The highest BCUT2D eigenvalue weighted by Gasteiger charge is 2.41. The summed E-state index contributed by atoms with van der Waals surface area (Å²) in [6.07, 6.45) is 7.99. The summed E-state index contributed by atoms with van der Waals surface area (Å²) in [5.74, 6) is -1.15. The van der Waals surface area contributed by atoms with Gasteiger partial charge in [0.25, 0.3) is 0 Å². The molecule has 1 aliphatic carbocycles. The fourth-order valence-electron chi connectivity index (χ4n) is 3.49. The van der Waals surface area contributed by atoms with Crippen LogP contribution in [0.4, 0.5) is 0 Å². The van der Waals surface area contributed by atoms with Crippen molar-refractivity contribution in [3.05, 3.63) is 12.2 Å². The van der Waals surface area contributed by atoms with Gasteiger partial charge in [-0.05, 0) is 12.5 Å². The zero-order valence-electron chi connectivity index (χ0n) is 13.3. The van der Waals surface area contributed by atoms with E-state index in [1.807, 2.05) is 12.2 Å². The number of aliphatic hydroxyl groups excluding tert-OH is 2. The average molecular weight is 312 g/mol. The van der Waals surface area contributed by atoms with Crippen molar-refractivity contribution in [2.75, 3.05) is 13.2 Å². The molecule has 5 heteroatoms. The Morgan fingerprint density at radius 1 is 1.18 bits per heavy atom. The standard InChI is InChI=1S/C17H28O5/c1-2-3-4-7-17(21-10-11-22-17)8-5-13-14(6-9-18)16(20)12-15(13)19/h5,8-9,13-16,19-20H,2-4,6-7,10-12H2,1H3/t13-,14-,15-,16+/m1/s1. The highest BCUT2D eigenvalue weighted by atomic mass is 16.7. The van der Waals surface area contributed by atoms with Gasteiger partial charge in [0, 0.05) is 31.1 Å². The number of carbonyl (C=O) groups is 1. The van der Waals surface area contributed by atoms with E-state index in [2.05, 4.69) is 6.92 Å². The Labute approximate surface area is 132 Å². The maximum absolute atomic E-state index is 10.8. The lowest BCUT2D eigenvalue weighted by atomic mass is 9.90. The van der Waals surface area contributed by atoms with Crippen molar-refractivity contribution < 1.29 is 24.5 Å². The SMILES string of the molecule is CCCCCC1(C=C[C@@H]2[C@@H](CC=O)[C@@H](O)C[C@H]2O)OCCO1. The van der Waals surface area contributed by atoms with E-state index in [1.54, 1.807) is 0 Å². The normalized spacial score (nSPS) is 34.5. The number of rotatable bonds is 8. The predicted molar refractivity (Wildman–Crippen MR) is 82.2 cm³/mol. The van der Waals surface area contributed by atoms with Crippen LogP contribution in [0.15, 0.2) is 12.2 Å². The van der Waals surface area contributed by atoms with Gasteiger partial charge in [-0.1, -0.05) is 25.8 Å². The van der Waals surface area contributed by atoms with Crippen LogP contribution in [0.3, 0.4) is 0 Å². The quantitative estimate of drug-likeness (QED) is 0.406. The Morgan fingerprint density at radius 2 is 1.91 bits per heavy atom. The fourth-order valence-corrected chi connectivity index (χ4v) is 3.49. The minimum absolute atomic E-state index is 0.224. The largest absolute Gasteiger partial charge is 0.393 e. The summed E-state index contributed by atoms with van der Waals surface area (Å²) in [7, 11) is 0. The Hall–Kier alpha value is -0.750. The van der Waals surface area contributed by atoms with Crippen molar-refractivity contribution in [3.8, 4) is 0 Å². The molecule has 2 N–H and O–H groups in total. The second-order valence-corrected chi connectivity index (χ2v) is 6.34. The smallest absolute Gasteiger partial charge is 0.187 e. The predicted octanol–water partition coefficient (Wildman–Crippen LogP) is 1.81. The van der Waals surface area contributed by atoms with E-state index < -0.39 is 18.0 Å². The van der Waals surface area contributed by atoms with Crippen LogP contribution in [0.25, 0.3) is 0 Å². The van der Waals surface area contributed by atoms with Crippen LogP contribution in [-0.2, 0) is 14.3 Å². The second-order valence-electron chi connectivity index (χ2n) is 6.34. The number of carbonyl (C=O) groups excluding carboxylic acids is 1. The lowest BCUT2D eigenvalue weighted by Gasteiger charge is -2.25.